The van der Waals surface area contributed by atoms with Crippen LogP contribution in [0.2, 0.25) is 5.02 Å². The summed E-state index contributed by atoms with van der Waals surface area (Å²) in [5, 5.41) is 0.673. The standard InChI is InChI=1S/C13H8ClFN2/c14-10-3-6-13-16-12(8-17(13)7-10)9-1-4-11(15)5-2-9/h1-8H/p+1. The van der Waals surface area contributed by atoms with Gasteiger partial charge in [-0.1, -0.05) is 11.6 Å². The van der Waals surface area contributed by atoms with Gasteiger partial charge in [0.25, 0.3) is 5.65 Å². The molecule has 3 rings (SSSR count). The van der Waals surface area contributed by atoms with Crippen molar-refractivity contribution in [2.24, 2.45) is 0 Å². The van der Waals surface area contributed by atoms with Gasteiger partial charge in [-0.25, -0.2) is 13.8 Å². The van der Waals surface area contributed by atoms with E-state index >= 15 is 0 Å². The van der Waals surface area contributed by atoms with Gasteiger partial charge in [0, 0.05) is 11.6 Å². The fraction of sp³-hybridized carbons (Fsp3) is 0. The first-order valence-electron chi connectivity index (χ1n) is 5.18. The highest BCUT2D eigenvalue weighted by atomic mass is 35.5. The van der Waals surface area contributed by atoms with Crippen LogP contribution in [0.1, 0.15) is 0 Å². The maximum Gasteiger partial charge on any atom is 0.284 e. The van der Waals surface area contributed by atoms with Gasteiger partial charge in [0.2, 0.25) is 0 Å². The van der Waals surface area contributed by atoms with Crippen LogP contribution in [-0.4, -0.2) is 4.98 Å². The molecule has 0 aliphatic rings. The molecule has 0 fully saturated rings. The Hall–Kier alpha value is -1.87. The number of hydrogen-bond donors (Lipinski definition) is 1. The van der Waals surface area contributed by atoms with E-state index in [4.69, 9.17) is 11.6 Å². The van der Waals surface area contributed by atoms with Crippen LogP contribution < -0.4 is 4.40 Å². The lowest BCUT2D eigenvalue weighted by molar-refractivity contribution is -0.509. The molecule has 0 saturated heterocycles. The van der Waals surface area contributed by atoms with E-state index in [1.165, 1.54) is 12.1 Å². The van der Waals surface area contributed by atoms with Crippen molar-refractivity contribution >= 4 is 17.2 Å². The average Bonchev–Trinajstić information content (AvgIpc) is 2.72. The highest BCUT2D eigenvalue weighted by Crippen LogP contribution is 2.17. The van der Waals surface area contributed by atoms with Crippen LogP contribution in [0.15, 0.2) is 48.8 Å². The van der Waals surface area contributed by atoms with Crippen molar-refractivity contribution in [3.8, 4) is 11.3 Å². The lowest BCUT2D eigenvalue weighted by Gasteiger charge is -1.91. The molecule has 17 heavy (non-hydrogen) atoms. The second-order valence-electron chi connectivity index (χ2n) is 3.81. The summed E-state index contributed by atoms with van der Waals surface area (Å²) in [6.45, 7) is 0. The molecule has 1 aromatic carbocycles. The molecule has 2 heterocycles. The van der Waals surface area contributed by atoms with Gasteiger partial charge in [0.15, 0.2) is 5.69 Å². The van der Waals surface area contributed by atoms with Crippen LogP contribution in [0.25, 0.3) is 16.9 Å². The van der Waals surface area contributed by atoms with Crippen molar-refractivity contribution in [3.63, 3.8) is 0 Å². The van der Waals surface area contributed by atoms with Crippen molar-refractivity contribution in [2.75, 3.05) is 0 Å². The summed E-state index contributed by atoms with van der Waals surface area (Å²) >= 11 is 5.91. The highest BCUT2D eigenvalue weighted by molar-refractivity contribution is 6.30. The number of pyridine rings is 1. The molecule has 1 N–H and O–H groups in total. The van der Waals surface area contributed by atoms with Gasteiger partial charge in [-0.3, -0.25) is 0 Å². The van der Waals surface area contributed by atoms with Gasteiger partial charge in [-0.05, 0) is 30.3 Å². The van der Waals surface area contributed by atoms with Crippen molar-refractivity contribution in [1.29, 1.82) is 0 Å². The maximum absolute atomic E-state index is 12.8. The van der Waals surface area contributed by atoms with Crippen LogP contribution in [0.3, 0.4) is 0 Å². The van der Waals surface area contributed by atoms with Gasteiger partial charge in [-0.15, -0.1) is 0 Å². The summed E-state index contributed by atoms with van der Waals surface area (Å²) in [5.74, 6) is -0.236. The van der Waals surface area contributed by atoms with E-state index in [1.54, 1.807) is 12.1 Å². The number of H-pyrrole nitrogens is 1. The first-order chi connectivity index (χ1) is 8.22. The number of nitrogens with zero attached hydrogens (tertiary/aromatic N) is 1. The number of halogens is 2. The number of aromatic nitrogens is 2. The van der Waals surface area contributed by atoms with Gasteiger partial charge in [0.05, 0.1) is 5.02 Å². The minimum absolute atomic E-state index is 0.236. The summed E-state index contributed by atoms with van der Waals surface area (Å²) < 4.78 is 14.7. The minimum atomic E-state index is -0.236. The molecule has 0 atom stereocenters. The molecule has 0 bridgehead atoms. The Morgan fingerprint density at radius 3 is 2.53 bits per heavy atom. The Kier molecular flexibility index (Phi) is 2.34. The first kappa shape index (κ1) is 10.3. The number of hydrogen-bond acceptors (Lipinski definition) is 0. The molecule has 0 spiro atoms. The average molecular weight is 248 g/mol. The molecular weight excluding hydrogens is 239 g/mol. The fourth-order valence-corrected chi connectivity index (χ4v) is 1.96. The molecule has 4 heteroatoms. The van der Waals surface area contributed by atoms with Crippen LogP contribution in [0.5, 0.6) is 0 Å². The molecule has 0 radical (unpaired) electrons. The Balaban J connectivity index is 2.14. The largest absolute Gasteiger partial charge is 0.284 e. The van der Waals surface area contributed by atoms with Crippen LogP contribution in [0, 0.1) is 5.82 Å². The first-order valence-corrected chi connectivity index (χ1v) is 5.56. The molecule has 0 saturated carbocycles. The second-order valence-corrected chi connectivity index (χ2v) is 4.25. The predicted molar refractivity (Wildman–Crippen MR) is 64.4 cm³/mol. The quantitative estimate of drug-likeness (QED) is 0.637. The minimum Gasteiger partial charge on any atom is -0.237 e. The Bertz CT molecular complexity index is 673. The topological polar surface area (TPSA) is 19.9 Å². The Labute approximate surface area is 102 Å². The number of fused-ring (bicyclic) bond motifs is 1. The normalized spacial score (nSPS) is 10.9. The molecule has 3 aromatic rings. The molecular formula is C13H9ClFN2+. The lowest BCUT2D eigenvalue weighted by atomic mass is 10.2. The van der Waals surface area contributed by atoms with Crippen molar-refractivity contribution in [1.82, 2.24) is 4.98 Å². The Morgan fingerprint density at radius 2 is 1.76 bits per heavy atom. The number of rotatable bonds is 1. The van der Waals surface area contributed by atoms with E-state index < -0.39 is 0 Å². The van der Waals surface area contributed by atoms with E-state index in [0.717, 1.165) is 16.9 Å². The number of benzene rings is 1. The van der Waals surface area contributed by atoms with Crippen molar-refractivity contribution in [3.05, 3.63) is 59.6 Å². The van der Waals surface area contributed by atoms with E-state index in [-0.39, 0.29) is 5.82 Å². The molecule has 0 unspecified atom stereocenters. The molecule has 0 amide bonds. The highest BCUT2D eigenvalue weighted by Gasteiger charge is 2.10. The van der Waals surface area contributed by atoms with E-state index in [0.29, 0.717) is 5.02 Å². The van der Waals surface area contributed by atoms with E-state index in [1.807, 2.05) is 28.9 Å². The van der Waals surface area contributed by atoms with Crippen LogP contribution >= 0.6 is 11.6 Å². The monoisotopic (exact) mass is 247 g/mol. The summed E-state index contributed by atoms with van der Waals surface area (Å²) in [4.78, 5) is 3.24. The summed E-state index contributed by atoms with van der Waals surface area (Å²) in [7, 11) is 0. The van der Waals surface area contributed by atoms with Crippen LogP contribution in [0.4, 0.5) is 4.39 Å². The second kappa shape index (κ2) is 3.86. The number of aromatic amines is 1. The number of imidazole rings is 1. The maximum atomic E-state index is 12.8. The van der Waals surface area contributed by atoms with Crippen molar-refractivity contribution in [2.45, 2.75) is 0 Å². The van der Waals surface area contributed by atoms with Gasteiger partial charge < -0.3 is 0 Å². The van der Waals surface area contributed by atoms with Crippen LogP contribution in [-0.2, 0) is 0 Å². The SMILES string of the molecule is Fc1ccc(-c2c[n+]3cc(Cl)ccc3[nH]2)cc1. The van der Waals surface area contributed by atoms with E-state index in [2.05, 4.69) is 4.98 Å². The zero-order chi connectivity index (χ0) is 11.8. The third-order valence-corrected chi connectivity index (χ3v) is 2.85. The lowest BCUT2D eigenvalue weighted by Crippen LogP contribution is -2.16. The summed E-state index contributed by atoms with van der Waals surface area (Å²) in [6.07, 6.45) is 3.74. The van der Waals surface area contributed by atoms with E-state index in [9.17, 15) is 4.39 Å². The van der Waals surface area contributed by atoms with Gasteiger partial charge in [-0.2, -0.15) is 0 Å². The van der Waals surface area contributed by atoms with Gasteiger partial charge in [0.1, 0.15) is 18.2 Å². The number of nitrogens with one attached hydrogen (secondary N) is 1. The summed E-state index contributed by atoms with van der Waals surface area (Å²) in [6, 6.07) is 10.1. The summed E-state index contributed by atoms with van der Waals surface area (Å²) in [5.41, 5.74) is 2.80. The third-order valence-electron chi connectivity index (χ3n) is 2.63. The molecule has 2 aromatic heterocycles. The fourth-order valence-electron chi connectivity index (χ4n) is 1.79. The Morgan fingerprint density at radius 1 is 1.00 bits per heavy atom. The zero-order valence-corrected chi connectivity index (χ0v) is 9.58. The van der Waals surface area contributed by atoms with Gasteiger partial charge >= 0.3 is 0 Å². The molecule has 2 nitrogen and oxygen atoms in total. The predicted octanol–water partition coefficient (Wildman–Crippen LogP) is 3.21. The molecule has 84 valence electrons. The molecule has 0 aliphatic heterocycles. The zero-order valence-electron chi connectivity index (χ0n) is 8.82. The smallest absolute Gasteiger partial charge is 0.237 e. The molecule has 0 aliphatic carbocycles. The third kappa shape index (κ3) is 1.89. The van der Waals surface area contributed by atoms with Crippen molar-refractivity contribution < 1.29 is 8.79 Å².